The Morgan fingerprint density at radius 1 is 1.48 bits per heavy atom. The van der Waals surface area contributed by atoms with Crippen molar-refractivity contribution in [3.63, 3.8) is 0 Å². The second-order valence-corrected chi connectivity index (χ2v) is 7.15. The Morgan fingerprint density at radius 3 is 2.89 bits per heavy atom. The molecule has 0 fully saturated rings. The van der Waals surface area contributed by atoms with Gasteiger partial charge in [-0.25, -0.2) is 0 Å². The van der Waals surface area contributed by atoms with Crippen molar-refractivity contribution in [1.82, 2.24) is 10.3 Å². The van der Waals surface area contributed by atoms with Crippen molar-refractivity contribution in [2.75, 3.05) is 26.1 Å². The van der Waals surface area contributed by atoms with Crippen LogP contribution < -0.4 is 10.1 Å². The second-order valence-electron chi connectivity index (χ2n) is 6.25. The number of thioether (sulfide) groups is 1. The number of carbonyl (C=O) groups is 1. The molecule has 0 saturated heterocycles. The predicted molar refractivity (Wildman–Crippen MR) is 108 cm³/mol. The van der Waals surface area contributed by atoms with Gasteiger partial charge < -0.3 is 19.9 Å². The third kappa shape index (κ3) is 5.60. The van der Waals surface area contributed by atoms with Gasteiger partial charge in [0.1, 0.15) is 5.75 Å². The zero-order valence-corrected chi connectivity index (χ0v) is 16.5. The van der Waals surface area contributed by atoms with E-state index in [1.807, 2.05) is 19.1 Å². The number of aliphatic hydroxyl groups is 1. The molecule has 2 aromatic rings. The molecule has 2 atom stereocenters. The second kappa shape index (κ2) is 9.60. The van der Waals surface area contributed by atoms with Crippen molar-refractivity contribution in [3.05, 3.63) is 36.0 Å². The number of amides is 1. The number of rotatable bonds is 9. The van der Waals surface area contributed by atoms with Crippen LogP contribution in [0.1, 0.15) is 19.4 Å². The van der Waals surface area contributed by atoms with Crippen LogP contribution in [0.25, 0.3) is 10.9 Å². The van der Waals surface area contributed by atoms with Crippen molar-refractivity contribution in [3.8, 4) is 18.1 Å². The molecule has 0 aliphatic carbocycles. The zero-order chi connectivity index (χ0) is 19.9. The normalized spacial score (nSPS) is 14.2. The van der Waals surface area contributed by atoms with Crippen molar-refractivity contribution >= 4 is 28.6 Å². The molecule has 2 unspecified atom stereocenters. The molecule has 2 N–H and O–H groups in total. The maximum atomic E-state index is 12.6. The molecule has 6 nitrogen and oxygen atoms in total. The molecule has 27 heavy (non-hydrogen) atoms. The van der Waals surface area contributed by atoms with Gasteiger partial charge in [-0.05, 0) is 44.4 Å². The fourth-order valence-corrected chi connectivity index (χ4v) is 2.88. The lowest BCUT2D eigenvalue weighted by molar-refractivity contribution is -0.127. The van der Waals surface area contributed by atoms with E-state index in [0.717, 1.165) is 10.9 Å². The molecular weight excluding hydrogens is 364 g/mol. The topological polar surface area (TPSA) is 80.7 Å². The number of ether oxygens (including phenoxy) is 2. The SMILES string of the molecule is C#Cc1cnc2ccc(OC(SC)C(=O)NC(C)(CO)COCC)cc2c1. The Labute approximate surface area is 163 Å². The van der Waals surface area contributed by atoms with E-state index in [9.17, 15) is 9.90 Å². The monoisotopic (exact) mass is 388 g/mol. The van der Waals surface area contributed by atoms with Crippen molar-refractivity contribution in [2.45, 2.75) is 24.8 Å². The molecule has 0 saturated carbocycles. The smallest absolute Gasteiger partial charge is 0.272 e. The Bertz CT molecular complexity index is 836. The minimum absolute atomic E-state index is 0.212. The number of benzene rings is 1. The number of pyridine rings is 1. The van der Waals surface area contributed by atoms with Crippen LogP contribution in [-0.2, 0) is 9.53 Å². The minimum Gasteiger partial charge on any atom is -0.470 e. The maximum Gasteiger partial charge on any atom is 0.272 e. The molecule has 0 aliphatic heterocycles. The van der Waals surface area contributed by atoms with Crippen LogP contribution in [0.2, 0.25) is 0 Å². The number of nitrogens with zero attached hydrogens (tertiary/aromatic N) is 1. The highest BCUT2D eigenvalue weighted by atomic mass is 32.2. The van der Waals surface area contributed by atoms with E-state index in [4.69, 9.17) is 15.9 Å². The van der Waals surface area contributed by atoms with Gasteiger partial charge in [0.25, 0.3) is 5.91 Å². The quantitative estimate of drug-likeness (QED) is 0.506. The summed E-state index contributed by atoms with van der Waals surface area (Å²) in [5.74, 6) is 2.74. The fraction of sp³-hybridized carbons (Fsp3) is 0.400. The molecular formula is C20H24N2O4S. The van der Waals surface area contributed by atoms with Gasteiger partial charge in [0.15, 0.2) is 0 Å². The summed E-state index contributed by atoms with van der Waals surface area (Å²) in [6.45, 7) is 4.05. The summed E-state index contributed by atoms with van der Waals surface area (Å²) < 4.78 is 11.2. The zero-order valence-electron chi connectivity index (χ0n) is 15.7. The van der Waals surface area contributed by atoms with Gasteiger partial charge in [0.05, 0.1) is 24.3 Å². The first-order valence-corrected chi connectivity index (χ1v) is 9.80. The Kier molecular flexibility index (Phi) is 7.48. The van der Waals surface area contributed by atoms with E-state index in [2.05, 4.69) is 16.2 Å². The molecule has 144 valence electrons. The van der Waals surface area contributed by atoms with E-state index >= 15 is 0 Å². The summed E-state index contributed by atoms with van der Waals surface area (Å²) in [4.78, 5) is 16.9. The first-order chi connectivity index (χ1) is 12.9. The molecule has 7 heteroatoms. The number of hydrogen-bond donors (Lipinski definition) is 2. The van der Waals surface area contributed by atoms with Crippen molar-refractivity contribution in [2.24, 2.45) is 0 Å². The molecule has 1 amide bonds. The lowest BCUT2D eigenvalue weighted by Gasteiger charge is -2.30. The number of terminal acetylenes is 1. The third-order valence-electron chi connectivity index (χ3n) is 3.89. The average molecular weight is 388 g/mol. The molecule has 1 aromatic carbocycles. The van der Waals surface area contributed by atoms with Gasteiger partial charge in [-0.2, -0.15) is 0 Å². The largest absolute Gasteiger partial charge is 0.470 e. The first-order valence-electron chi connectivity index (χ1n) is 8.51. The summed E-state index contributed by atoms with van der Waals surface area (Å²) in [6.07, 6.45) is 8.83. The lowest BCUT2D eigenvalue weighted by Crippen LogP contribution is -2.55. The van der Waals surface area contributed by atoms with Crippen molar-refractivity contribution < 1.29 is 19.4 Å². The lowest BCUT2D eigenvalue weighted by atomic mass is 10.1. The van der Waals surface area contributed by atoms with E-state index in [1.54, 1.807) is 31.5 Å². The van der Waals surface area contributed by atoms with Gasteiger partial charge in [-0.3, -0.25) is 9.78 Å². The number of carbonyl (C=O) groups excluding carboxylic acids is 1. The molecule has 1 heterocycles. The van der Waals surface area contributed by atoms with Gasteiger partial charge in [0.2, 0.25) is 5.44 Å². The Balaban J connectivity index is 2.14. The first kappa shape index (κ1) is 21.0. The van der Waals surface area contributed by atoms with Crippen LogP contribution in [0.5, 0.6) is 5.75 Å². The molecule has 0 spiro atoms. The standard InChI is InChI=1S/C20H24N2O4S/c1-5-14-9-15-10-16(7-8-17(15)21-11-14)26-19(27-4)18(24)22-20(3,12-23)13-25-6-2/h1,7-11,19,23H,6,12-13H2,2-4H3,(H,22,24). The number of aliphatic hydroxyl groups excluding tert-OH is 1. The van der Waals surface area contributed by atoms with Gasteiger partial charge in [-0.1, -0.05) is 5.92 Å². The average Bonchev–Trinajstić information content (AvgIpc) is 2.69. The number of nitrogens with one attached hydrogen (secondary N) is 1. The maximum absolute atomic E-state index is 12.6. The molecule has 2 rings (SSSR count). The fourth-order valence-electron chi connectivity index (χ4n) is 2.40. The number of aromatic nitrogens is 1. The summed E-state index contributed by atoms with van der Waals surface area (Å²) in [5, 5.41) is 13.2. The summed E-state index contributed by atoms with van der Waals surface area (Å²) >= 11 is 1.26. The Hall–Kier alpha value is -2.27. The van der Waals surface area contributed by atoms with Crippen LogP contribution in [0.15, 0.2) is 30.5 Å². The number of fused-ring (bicyclic) bond motifs is 1. The van der Waals surface area contributed by atoms with E-state index in [-0.39, 0.29) is 19.1 Å². The predicted octanol–water partition coefficient (Wildman–Crippen LogP) is 2.19. The highest BCUT2D eigenvalue weighted by Gasteiger charge is 2.30. The van der Waals surface area contributed by atoms with Crippen LogP contribution >= 0.6 is 11.8 Å². The van der Waals surface area contributed by atoms with Gasteiger partial charge in [0, 0.05) is 23.8 Å². The van der Waals surface area contributed by atoms with Gasteiger partial charge in [-0.15, -0.1) is 18.2 Å². The molecule has 0 radical (unpaired) electrons. The van der Waals surface area contributed by atoms with E-state index in [0.29, 0.717) is 17.9 Å². The number of hydrogen-bond acceptors (Lipinski definition) is 6. The molecule has 0 aliphatic rings. The van der Waals surface area contributed by atoms with Crippen molar-refractivity contribution in [1.29, 1.82) is 0 Å². The van der Waals surface area contributed by atoms with Gasteiger partial charge >= 0.3 is 0 Å². The van der Waals surface area contributed by atoms with E-state index < -0.39 is 11.0 Å². The highest BCUT2D eigenvalue weighted by molar-refractivity contribution is 7.99. The molecule has 0 bridgehead atoms. The van der Waals surface area contributed by atoms with E-state index in [1.165, 1.54) is 11.8 Å². The van der Waals surface area contributed by atoms with Crippen LogP contribution in [0.4, 0.5) is 0 Å². The Morgan fingerprint density at radius 2 is 2.26 bits per heavy atom. The minimum atomic E-state index is -0.876. The molecule has 1 aromatic heterocycles. The van der Waals surface area contributed by atoms with Crippen LogP contribution in [-0.4, -0.2) is 53.0 Å². The van der Waals surface area contributed by atoms with Crippen LogP contribution in [0.3, 0.4) is 0 Å². The summed E-state index contributed by atoms with van der Waals surface area (Å²) in [5.41, 5.74) is -0.192. The summed E-state index contributed by atoms with van der Waals surface area (Å²) in [7, 11) is 0. The third-order valence-corrected chi connectivity index (χ3v) is 4.63. The summed E-state index contributed by atoms with van der Waals surface area (Å²) in [6, 6.07) is 7.21. The van der Waals surface area contributed by atoms with Crippen LogP contribution in [0, 0.1) is 12.3 Å². The highest BCUT2D eigenvalue weighted by Crippen LogP contribution is 2.23.